The van der Waals surface area contributed by atoms with E-state index < -0.39 is 25.4 Å². The Hall–Kier alpha value is -0.706. The van der Waals surface area contributed by atoms with Crippen molar-refractivity contribution in [3.05, 3.63) is 70.3 Å². The molecule has 0 aromatic heterocycles. The van der Waals surface area contributed by atoms with Crippen LogP contribution >= 0.6 is 32.6 Å². The van der Waals surface area contributed by atoms with Gasteiger partial charge in [-0.25, -0.2) is 0 Å². The van der Waals surface area contributed by atoms with Gasteiger partial charge >= 0.3 is 0 Å². The summed E-state index contributed by atoms with van der Waals surface area (Å²) in [4.78, 5) is 0. The molecule has 0 saturated heterocycles. The first-order valence-corrected chi connectivity index (χ1v) is 35.1. The average Bonchev–Trinajstić information content (AvgIpc) is 2.90. The Labute approximate surface area is 342 Å². The van der Waals surface area contributed by atoms with Crippen LogP contribution in [0.25, 0.3) is 0 Å². The van der Waals surface area contributed by atoms with E-state index in [0.29, 0.717) is 23.0 Å². The Bertz CT molecular complexity index is 1730. The van der Waals surface area contributed by atoms with Crippen LogP contribution in [0.15, 0.2) is 42.5 Å². The van der Waals surface area contributed by atoms with Crippen LogP contribution in [0.2, 0.25) is 39.3 Å². The molecule has 0 spiro atoms. The largest absolute Gasteiger partial charge is 0.507 e. The van der Waals surface area contributed by atoms with Gasteiger partial charge in [0.05, 0.1) is 0 Å². The number of hydrogen-bond acceptors (Lipinski definition) is 8. The first-order chi connectivity index (χ1) is 23.5. The van der Waals surface area contributed by atoms with E-state index in [2.05, 4.69) is 147 Å². The summed E-state index contributed by atoms with van der Waals surface area (Å²) in [5.74, 6) is 2.05. The molecule has 0 aliphatic rings. The second kappa shape index (κ2) is 15.6. The zero-order valence-corrected chi connectivity index (χ0v) is 42.8. The van der Waals surface area contributed by atoms with Crippen LogP contribution in [-0.4, -0.2) is 24.7 Å². The molecule has 0 amide bonds. The third-order valence-electron chi connectivity index (χ3n) is 8.51. The second-order valence-electron chi connectivity index (χ2n) is 20.2. The van der Waals surface area contributed by atoms with Crippen molar-refractivity contribution in [1.29, 1.82) is 0 Å². The molecule has 2 unspecified atom stereocenters. The van der Waals surface area contributed by atoms with Gasteiger partial charge in [-0.05, 0) is 88.6 Å². The molecule has 12 heteroatoms. The molecular weight excluding hydrogens is 803 g/mol. The van der Waals surface area contributed by atoms with E-state index in [1.165, 1.54) is 0 Å². The van der Waals surface area contributed by atoms with Gasteiger partial charge in [0.15, 0.2) is 10.9 Å². The second-order valence-corrected chi connectivity index (χ2v) is 51.7. The molecule has 0 heterocycles. The Morgan fingerprint density at radius 1 is 0.528 bits per heavy atom. The molecule has 2 atom stereocenters. The number of phenols is 2. The lowest BCUT2D eigenvalue weighted by atomic mass is 9.79. The normalized spacial score (nSPS) is 15.8. The molecule has 0 aliphatic carbocycles. The molecule has 3 aromatic rings. The minimum Gasteiger partial charge on any atom is -0.507 e. The highest BCUT2D eigenvalue weighted by atomic mass is 33.0. The SMILES string of the molecule is Cc1c(OP(=S)(S[Si](C)(C)C)c2cc(C(C)(C)C)c(O)c(C(C)(C)C)c2)cccc1OP(=S)(S[Si](C)(C)C)c1cc(C(C)(C)C)c(O)c(C(C)(C)C)c1. The monoisotopic (exact) mass is 868 g/mol. The molecular formula is C41H66O4P2S4Si2. The van der Waals surface area contributed by atoms with Gasteiger partial charge in [0.1, 0.15) is 37.4 Å². The van der Waals surface area contributed by atoms with E-state index in [1.54, 1.807) is 0 Å². The van der Waals surface area contributed by atoms with E-state index in [0.717, 1.165) is 38.4 Å². The molecule has 3 aromatic carbocycles. The fraction of sp³-hybridized carbons (Fsp3) is 0.561. The van der Waals surface area contributed by atoms with Gasteiger partial charge in [-0.1, -0.05) is 128 Å². The van der Waals surface area contributed by atoms with Gasteiger partial charge in [0.25, 0.3) is 0 Å². The van der Waals surface area contributed by atoms with E-state index >= 15 is 0 Å². The van der Waals surface area contributed by atoms with Gasteiger partial charge in [-0.2, -0.15) is 0 Å². The zero-order valence-electron chi connectivity index (χ0n) is 35.8. The summed E-state index contributed by atoms with van der Waals surface area (Å²) in [6, 6.07) is 14.4. The van der Waals surface area contributed by atoms with Crippen LogP contribution in [0.4, 0.5) is 0 Å². The summed E-state index contributed by atoms with van der Waals surface area (Å²) >= 11 is 13.4. The molecule has 3 rings (SSSR count). The van der Waals surface area contributed by atoms with Crippen molar-refractivity contribution < 1.29 is 19.3 Å². The van der Waals surface area contributed by atoms with Gasteiger partial charge in [-0.3, -0.25) is 0 Å². The summed E-state index contributed by atoms with van der Waals surface area (Å²) in [6.45, 7) is 41.5. The highest BCUT2D eigenvalue weighted by Crippen LogP contribution is 2.65. The smallest absolute Gasteiger partial charge is 0.191 e. The summed E-state index contributed by atoms with van der Waals surface area (Å²) in [5, 5.41) is 25.1. The first-order valence-electron chi connectivity index (χ1n) is 18.4. The predicted octanol–water partition coefficient (Wildman–Crippen LogP) is 13.8. The van der Waals surface area contributed by atoms with Crippen LogP contribution in [-0.2, 0) is 45.3 Å². The molecule has 0 bridgehead atoms. The maximum absolute atomic E-state index is 11.6. The van der Waals surface area contributed by atoms with Crippen molar-refractivity contribution >= 4 is 81.3 Å². The third kappa shape index (κ3) is 11.7. The lowest BCUT2D eigenvalue weighted by molar-refractivity contribution is 0.423. The minimum absolute atomic E-state index is 0.299. The minimum atomic E-state index is -2.77. The van der Waals surface area contributed by atoms with Crippen LogP contribution in [0, 0.1) is 6.92 Å². The van der Waals surface area contributed by atoms with E-state index in [1.807, 2.05) is 46.8 Å². The highest BCUT2D eigenvalue weighted by Gasteiger charge is 2.38. The van der Waals surface area contributed by atoms with Gasteiger partial charge in [-0.15, -0.1) is 21.7 Å². The summed E-state index contributed by atoms with van der Waals surface area (Å²) in [6.07, 6.45) is 0. The maximum Gasteiger partial charge on any atom is 0.191 e. The quantitative estimate of drug-likeness (QED) is 0.154. The molecule has 53 heavy (non-hydrogen) atoms. The van der Waals surface area contributed by atoms with E-state index in [4.69, 9.17) is 32.7 Å². The Balaban J connectivity index is 2.31. The summed E-state index contributed by atoms with van der Waals surface area (Å²) in [5.41, 5.74) is -2.36. The number of hydrogen-bond donors (Lipinski definition) is 2. The average molecular weight is 869 g/mol. The van der Waals surface area contributed by atoms with Crippen molar-refractivity contribution in [2.24, 2.45) is 0 Å². The molecule has 0 fully saturated rings. The number of aromatic hydroxyl groups is 2. The molecule has 296 valence electrons. The van der Waals surface area contributed by atoms with Gasteiger partial charge < -0.3 is 19.3 Å². The lowest BCUT2D eigenvalue weighted by Crippen LogP contribution is -2.24. The van der Waals surface area contributed by atoms with Crippen LogP contribution in [0.5, 0.6) is 23.0 Å². The molecule has 0 aliphatic heterocycles. The van der Waals surface area contributed by atoms with Gasteiger partial charge in [0, 0.05) is 38.4 Å². The topological polar surface area (TPSA) is 58.9 Å². The maximum atomic E-state index is 11.6. The van der Waals surface area contributed by atoms with Crippen LogP contribution in [0.3, 0.4) is 0 Å². The van der Waals surface area contributed by atoms with Crippen molar-refractivity contribution in [2.75, 3.05) is 0 Å². The van der Waals surface area contributed by atoms with E-state index in [9.17, 15) is 10.2 Å². The number of phenolic OH excluding ortho intramolecular Hbond substituents is 2. The number of rotatable bonds is 10. The molecule has 0 saturated carbocycles. The standard InChI is InChI=1S/C41H66O4P2S4Si2/c1-27-34(44-46(48,50-52(14,15)16)28-23-30(38(2,3)4)36(42)31(24-28)39(5,6)7)21-20-22-35(27)45-47(49,51-53(17,18)19)29-25-32(40(8,9)10)37(43)33(26-29)41(11,12)13/h20-26,42-43H,1-19H3. The van der Waals surface area contributed by atoms with Crippen molar-refractivity contribution in [2.45, 2.75) is 151 Å². The fourth-order valence-corrected chi connectivity index (χ4v) is 44.9. The summed E-state index contributed by atoms with van der Waals surface area (Å²) < 4.78 is 14.4. The zero-order chi connectivity index (χ0) is 41.1. The van der Waals surface area contributed by atoms with Crippen LogP contribution < -0.4 is 19.7 Å². The van der Waals surface area contributed by atoms with Crippen LogP contribution in [0.1, 0.15) is 111 Å². The molecule has 0 radical (unpaired) electrons. The third-order valence-corrected chi connectivity index (χ3v) is 39.1. The predicted molar refractivity (Wildman–Crippen MR) is 253 cm³/mol. The van der Waals surface area contributed by atoms with Crippen molar-refractivity contribution in [3.63, 3.8) is 0 Å². The van der Waals surface area contributed by atoms with E-state index in [-0.39, 0.29) is 21.7 Å². The Kier molecular flexibility index (Phi) is 13.7. The Morgan fingerprint density at radius 2 is 0.774 bits per heavy atom. The molecule has 4 nitrogen and oxygen atoms in total. The highest BCUT2D eigenvalue weighted by molar-refractivity contribution is 8.82. The van der Waals surface area contributed by atoms with Crippen molar-refractivity contribution in [3.8, 4) is 23.0 Å². The summed E-state index contributed by atoms with van der Waals surface area (Å²) in [7, 11) is -0.0418. The van der Waals surface area contributed by atoms with Crippen molar-refractivity contribution in [1.82, 2.24) is 0 Å². The number of benzene rings is 3. The lowest BCUT2D eigenvalue weighted by Gasteiger charge is -2.34. The Morgan fingerprint density at radius 3 is 0.981 bits per heavy atom. The fourth-order valence-electron chi connectivity index (χ4n) is 5.86. The molecule has 2 N–H and O–H groups in total. The van der Waals surface area contributed by atoms with Gasteiger partial charge in [0.2, 0.25) is 0 Å². The first kappa shape index (κ1) is 46.7.